The van der Waals surface area contributed by atoms with E-state index < -0.39 is 5.79 Å². The van der Waals surface area contributed by atoms with Gasteiger partial charge in [-0.25, -0.2) is 4.79 Å². The smallest absolute Gasteiger partial charge is 0.319 e. The SMILES string of the molecule is CC1(Cc2ccc(NC(=O)NCc3ccccc3)cc2)OCCO1. The number of amides is 2. The first-order valence-electron chi connectivity index (χ1n) is 8.09. The van der Waals surface area contributed by atoms with Gasteiger partial charge in [-0.15, -0.1) is 0 Å². The minimum atomic E-state index is -0.540. The number of nitrogens with one attached hydrogen (secondary N) is 2. The molecule has 0 radical (unpaired) electrons. The second kappa shape index (κ2) is 7.47. The average molecular weight is 326 g/mol. The summed E-state index contributed by atoms with van der Waals surface area (Å²) in [5.41, 5.74) is 2.92. The first kappa shape index (κ1) is 16.5. The van der Waals surface area contributed by atoms with Crippen LogP contribution in [0.2, 0.25) is 0 Å². The summed E-state index contributed by atoms with van der Waals surface area (Å²) in [4.78, 5) is 11.9. The number of urea groups is 1. The molecule has 2 amide bonds. The van der Waals surface area contributed by atoms with Crippen molar-refractivity contribution in [1.82, 2.24) is 5.32 Å². The topological polar surface area (TPSA) is 59.6 Å². The molecule has 1 heterocycles. The molecule has 126 valence electrons. The largest absolute Gasteiger partial charge is 0.347 e. The molecule has 1 aliphatic rings. The lowest BCUT2D eigenvalue weighted by molar-refractivity contribution is -0.140. The van der Waals surface area contributed by atoms with Crippen LogP contribution in [0.5, 0.6) is 0 Å². The van der Waals surface area contributed by atoms with E-state index in [9.17, 15) is 4.79 Å². The highest BCUT2D eigenvalue weighted by Crippen LogP contribution is 2.24. The lowest BCUT2D eigenvalue weighted by Gasteiger charge is -2.22. The van der Waals surface area contributed by atoms with Crippen LogP contribution in [0.25, 0.3) is 0 Å². The third kappa shape index (κ3) is 4.57. The van der Waals surface area contributed by atoms with Gasteiger partial charge in [0.2, 0.25) is 0 Å². The van der Waals surface area contributed by atoms with Crippen molar-refractivity contribution < 1.29 is 14.3 Å². The van der Waals surface area contributed by atoms with E-state index in [1.54, 1.807) is 0 Å². The number of benzene rings is 2. The van der Waals surface area contributed by atoms with Gasteiger partial charge >= 0.3 is 6.03 Å². The van der Waals surface area contributed by atoms with Crippen molar-refractivity contribution in [3.8, 4) is 0 Å². The molecule has 0 aliphatic carbocycles. The van der Waals surface area contributed by atoms with Crippen LogP contribution >= 0.6 is 0 Å². The Morgan fingerprint density at radius 2 is 1.67 bits per heavy atom. The van der Waals surface area contributed by atoms with Gasteiger partial charge in [0, 0.05) is 18.7 Å². The number of hydrogen-bond donors (Lipinski definition) is 2. The molecular formula is C19H22N2O3. The van der Waals surface area contributed by atoms with Crippen LogP contribution in [0.3, 0.4) is 0 Å². The highest BCUT2D eigenvalue weighted by Gasteiger charge is 2.30. The summed E-state index contributed by atoms with van der Waals surface area (Å²) in [6.45, 7) is 3.72. The zero-order valence-electron chi connectivity index (χ0n) is 13.7. The van der Waals surface area contributed by atoms with Gasteiger partial charge in [0.25, 0.3) is 0 Å². The molecule has 0 unspecified atom stereocenters. The van der Waals surface area contributed by atoms with Gasteiger partial charge in [0.05, 0.1) is 13.2 Å². The Morgan fingerprint density at radius 1 is 1.00 bits per heavy atom. The quantitative estimate of drug-likeness (QED) is 0.886. The van der Waals surface area contributed by atoms with Crippen molar-refractivity contribution in [2.24, 2.45) is 0 Å². The molecular weight excluding hydrogens is 304 g/mol. The van der Waals surface area contributed by atoms with Crippen LogP contribution in [-0.4, -0.2) is 25.0 Å². The highest BCUT2D eigenvalue weighted by molar-refractivity contribution is 5.89. The molecule has 0 bridgehead atoms. The molecule has 2 N–H and O–H groups in total. The molecule has 2 aromatic carbocycles. The number of anilines is 1. The summed E-state index contributed by atoms with van der Waals surface area (Å²) in [7, 11) is 0. The molecule has 1 aliphatic heterocycles. The molecule has 0 aromatic heterocycles. The van der Waals surface area contributed by atoms with Crippen LogP contribution in [0.4, 0.5) is 10.5 Å². The number of carbonyl (C=O) groups excluding carboxylic acids is 1. The van der Waals surface area contributed by atoms with E-state index >= 15 is 0 Å². The molecule has 5 nitrogen and oxygen atoms in total. The van der Waals surface area contributed by atoms with Crippen molar-refractivity contribution in [3.05, 3.63) is 65.7 Å². The summed E-state index contributed by atoms with van der Waals surface area (Å²) < 4.78 is 11.2. The fourth-order valence-corrected chi connectivity index (χ4v) is 2.69. The zero-order chi connectivity index (χ0) is 16.8. The van der Waals surface area contributed by atoms with Gasteiger partial charge in [0.1, 0.15) is 0 Å². The summed E-state index contributed by atoms with van der Waals surface area (Å²) in [5.74, 6) is -0.540. The van der Waals surface area contributed by atoms with Crippen LogP contribution in [-0.2, 0) is 22.4 Å². The molecule has 2 aromatic rings. The Kier molecular flexibility index (Phi) is 5.13. The number of carbonyl (C=O) groups is 1. The molecule has 0 atom stereocenters. The summed E-state index contributed by atoms with van der Waals surface area (Å²) >= 11 is 0. The maximum absolute atomic E-state index is 11.9. The minimum absolute atomic E-state index is 0.221. The second-order valence-corrected chi connectivity index (χ2v) is 6.00. The van der Waals surface area contributed by atoms with E-state index in [1.165, 1.54) is 0 Å². The average Bonchev–Trinajstić information content (AvgIpc) is 3.02. The minimum Gasteiger partial charge on any atom is -0.347 e. The Hall–Kier alpha value is -2.37. The Balaban J connectivity index is 1.49. The second-order valence-electron chi connectivity index (χ2n) is 6.00. The van der Waals surface area contributed by atoms with E-state index in [-0.39, 0.29) is 6.03 Å². The summed E-state index contributed by atoms with van der Waals surface area (Å²) in [5, 5.41) is 5.67. The van der Waals surface area contributed by atoms with E-state index in [1.807, 2.05) is 61.5 Å². The van der Waals surface area contributed by atoms with Crippen LogP contribution in [0.15, 0.2) is 54.6 Å². The molecule has 1 saturated heterocycles. The molecule has 0 spiro atoms. The maximum atomic E-state index is 11.9. The third-order valence-corrected chi connectivity index (χ3v) is 3.93. The fourth-order valence-electron chi connectivity index (χ4n) is 2.69. The van der Waals surface area contributed by atoms with E-state index in [4.69, 9.17) is 9.47 Å². The Labute approximate surface area is 142 Å². The van der Waals surface area contributed by atoms with E-state index in [2.05, 4.69) is 10.6 Å². The van der Waals surface area contributed by atoms with Gasteiger partial charge in [0.15, 0.2) is 5.79 Å². The molecule has 5 heteroatoms. The lowest BCUT2D eigenvalue weighted by atomic mass is 10.1. The van der Waals surface area contributed by atoms with Gasteiger partial charge < -0.3 is 20.1 Å². The lowest BCUT2D eigenvalue weighted by Crippen LogP contribution is -2.29. The van der Waals surface area contributed by atoms with Gasteiger partial charge in [-0.1, -0.05) is 42.5 Å². The highest BCUT2D eigenvalue weighted by atomic mass is 16.7. The van der Waals surface area contributed by atoms with Crippen molar-refractivity contribution >= 4 is 11.7 Å². The van der Waals surface area contributed by atoms with Crippen LogP contribution in [0.1, 0.15) is 18.1 Å². The van der Waals surface area contributed by atoms with Gasteiger partial charge in [-0.3, -0.25) is 0 Å². The first-order chi connectivity index (χ1) is 11.6. The normalized spacial score (nSPS) is 15.9. The third-order valence-electron chi connectivity index (χ3n) is 3.93. The monoisotopic (exact) mass is 326 g/mol. The number of ether oxygens (including phenoxy) is 2. The van der Waals surface area contributed by atoms with Gasteiger partial charge in [-0.2, -0.15) is 0 Å². The van der Waals surface area contributed by atoms with Crippen molar-refractivity contribution in [1.29, 1.82) is 0 Å². The predicted molar refractivity (Wildman–Crippen MR) is 92.8 cm³/mol. The molecule has 24 heavy (non-hydrogen) atoms. The van der Waals surface area contributed by atoms with Crippen molar-refractivity contribution in [3.63, 3.8) is 0 Å². The molecule has 0 saturated carbocycles. The Bertz CT molecular complexity index is 665. The van der Waals surface area contributed by atoms with E-state index in [0.29, 0.717) is 26.2 Å². The van der Waals surface area contributed by atoms with E-state index in [0.717, 1.165) is 16.8 Å². The maximum Gasteiger partial charge on any atom is 0.319 e. The van der Waals surface area contributed by atoms with Crippen molar-refractivity contribution in [2.45, 2.75) is 25.7 Å². The van der Waals surface area contributed by atoms with Crippen LogP contribution < -0.4 is 10.6 Å². The summed E-state index contributed by atoms with van der Waals surface area (Å²) in [6, 6.07) is 17.3. The predicted octanol–water partition coefficient (Wildman–Crippen LogP) is 3.31. The summed E-state index contributed by atoms with van der Waals surface area (Å²) in [6.07, 6.45) is 0.688. The van der Waals surface area contributed by atoms with Gasteiger partial charge in [-0.05, 0) is 30.2 Å². The molecule has 1 fully saturated rings. The van der Waals surface area contributed by atoms with Crippen LogP contribution in [0, 0.1) is 0 Å². The standard InChI is InChI=1S/C19H22N2O3/c1-19(23-11-12-24-19)13-15-7-9-17(10-8-15)21-18(22)20-14-16-5-3-2-4-6-16/h2-10H,11-14H2,1H3,(H2,20,21,22). The fraction of sp³-hybridized carbons (Fsp3) is 0.316. The Morgan fingerprint density at radius 3 is 2.33 bits per heavy atom. The van der Waals surface area contributed by atoms with Crippen molar-refractivity contribution in [2.75, 3.05) is 18.5 Å². The first-order valence-corrected chi connectivity index (χ1v) is 8.09. The number of hydrogen-bond acceptors (Lipinski definition) is 3. The molecule has 3 rings (SSSR count). The zero-order valence-corrected chi connectivity index (χ0v) is 13.7. The number of rotatable bonds is 5.